The highest BCUT2D eigenvalue weighted by atomic mass is 32.2. The van der Waals surface area contributed by atoms with Crippen LogP contribution in [0.4, 0.5) is 5.13 Å². The first-order valence-corrected chi connectivity index (χ1v) is 16.9. The molecule has 0 fully saturated rings. The van der Waals surface area contributed by atoms with Crippen LogP contribution in [0.1, 0.15) is 27.2 Å². The molecular formula is C29H25N3O6S3. The van der Waals surface area contributed by atoms with Crippen LogP contribution in [0.5, 0.6) is 0 Å². The van der Waals surface area contributed by atoms with Crippen LogP contribution < -0.4 is 4.90 Å². The van der Waals surface area contributed by atoms with Crippen LogP contribution in [-0.2, 0) is 39.4 Å². The highest BCUT2D eigenvalue weighted by Crippen LogP contribution is 2.33. The minimum absolute atomic E-state index is 0.0812. The Bertz CT molecular complexity index is 1970. The quantitative estimate of drug-likeness (QED) is 0.259. The number of hydrogen-bond donors (Lipinski definition) is 0. The van der Waals surface area contributed by atoms with Crippen LogP contribution >= 0.6 is 11.3 Å². The van der Waals surface area contributed by atoms with Crippen LogP contribution in [0, 0.1) is 0 Å². The Kier molecular flexibility index (Phi) is 7.02. The molecule has 0 saturated carbocycles. The van der Waals surface area contributed by atoms with Gasteiger partial charge in [-0.3, -0.25) is 9.69 Å². The number of hydrogen-bond acceptors (Lipinski definition) is 8. The van der Waals surface area contributed by atoms with E-state index in [4.69, 9.17) is 4.42 Å². The van der Waals surface area contributed by atoms with Crippen molar-refractivity contribution in [1.82, 2.24) is 9.29 Å². The molecule has 210 valence electrons. The van der Waals surface area contributed by atoms with Gasteiger partial charge in [-0.1, -0.05) is 35.6 Å². The van der Waals surface area contributed by atoms with E-state index in [2.05, 4.69) is 4.98 Å². The average Bonchev–Trinajstić information content (AvgIpc) is 3.64. The van der Waals surface area contributed by atoms with E-state index in [1.54, 1.807) is 24.3 Å². The fourth-order valence-electron chi connectivity index (χ4n) is 4.77. The number of amides is 1. The summed E-state index contributed by atoms with van der Waals surface area (Å²) < 4.78 is 58.5. The zero-order valence-electron chi connectivity index (χ0n) is 21.9. The lowest BCUT2D eigenvalue weighted by Gasteiger charge is -2.28. The summed E-state index contributed by atoms with van der Waals surface area (Å²) in [4.78, 5) is 20.1. The molecule has 1 aliphatic rings. The number of benzene rings is 3. The van der Waals surface area contributed by atoms with Gasteiger partial charge in [0.1, 0.15) is 5.76 Å². The predicted octanol–water partition coefficient (Wildman–Crippen LogP) is 4.89. The van der Waals surface area contributed by atoms with Gasteiger partial charge < -0.3 is 4.42 Å². The van der Waals surface area contributed by atoms with Crippen molar-refractivity contribution in [2.75, 3.05) is 17.7 Å². The van der Waals surface area contributed by atoms with Crippen molar-refractivity contribution in [3.8, 4) is 0 Å². The van der Waals surface area contributed by atoms with E-state index >= 15 is 0 Å². The number of sulfonamides is 1. The highest BCUT2D eigenvalue weighted by Gasteiger charge is 2.29. The Balaban J connectivity index is 1.30. The fourth-order valence-corrected chi connectivity index (χ4v) is 7.92. The van der Waals surface area contributed by atoms with E-state index in [0.717, 1.165) is 17.4 Å². The van der Waals surface area contributed by atoms with Gasteiger partial charge in [0.25, 0.3) is 5.91 Å². The molecule has 0 atom stereocenters. The Morgan fingerprint density at radius 1 is 0.951 bits per heavy atom. The molecule has 0 aliphatic carbocycles. The number of sulfone groups is 1. The molecule has 1 amide bonds. The van der Waals surface area contributed by atoms with E-state index in [-0.39, 0.29) is 21.9 Å². The second kappa shape index (κ2) is 10.5. The predicted molar refractivity (Wildman–Crippen MR) is 156 cm³/mol. The number of furan rings is 1. The summed E-state index contributed by atoms with van der Waals surface area (Å²) in [6.07, 6.45) is 3.28. The number of aromatic nitrogens is 1. The maximum Gasteiger partial charge on any atom is 0.260 e. The Hall–Kier alpha value is -3.84. The minimum Gasteiger partial charge on any atom is -0.467 e. The third kappa shape index (κ3) is 5.43. The molecule has 3 aromatic carbocycles. The minimum atomic E-state index is -3.76. The standard InChI is InChI=1S/C29H25N3O6S3/c1-40(34,35)25-12-13-26-27(17-25)39-29(30-26)32(19-23-7-4-16-38-23)28(33)21-8-10-24(11-9-21)41(36,37)31-15-14-20-5-2-3-6-22(20)18-31/h2-13,16-17H,14-15,18-19H2,1H3. The Morgan fingerprint density at radius 2 is 1.68 bits per heavy atom. The molecule has 0 N–H and O–H groups in total. The van der Waals surface area contributed by atoms with Crippen molar-refractivity contribution in [2.24, 2.45) is 0 Å². The number of nitrogens with zero attached hydrogens (tertiary/aromatic N) is 3. The maximum absolute atomic E-state index is 13.8. The number of fused-ring (bicyclic) bond motifs is 2. The summed E-state index contributed by atoms with van der Waals surface area (Å²) in [6.45, 7) is 0.766. The first-order valence-electron chi connectivity index (χ1n) is 12.7. The Morgan fingerprint density at radius 3 is 2.39 bits per heavy atom. The van der Waals surface area contributed by atoms with Crippen molar-refractivity contribution >= 4 is 52.5 Å². The molecule has 41 heavy (non-hydrogen) atoms. The van der Waals surface area contributed by atoms with Gasteiger partial charge in [-0.05, 0) is 72.1 Å². The normalized spacial score (nSPS) is 14.2. The molecule has 3 heterocycles. The highest BCUT2D eigenvalue weighted by molar-refractivity contribution is 7.90. The van der Waals surface area contributed by atoms with Gasteiger partial charge in [0, 0.05) is 24.9 Å². The molecule has 0 unspecified atom stereocenters. The van der Waals surface area contributed by atoms with E-state index in [1.165, 1.54) is 57.1 Å². The van der Waals surface area contributed by atoms with E-state index in [0.29, 0.717) is 40.6 Å². The molecule has 5 aromatic rings. The molecule has 1 aliphatic heterocycles. The van der Waals surface area contributed by atoms with E-state index < -0.39 is 25.8 Å². The zero-order chi connectivity index (χ0) is 28.8. The lowest BCUT2D eigenvalue weighted by Crippen LogP contribution is -2.36. The lowest BCUT2D eigenvalue weighted by molar-refractivity contribution is 0.0983. The van der Waals surface area contributed by atoms with Gasteiger partial charge in [-0.15, -0.1) is 0 Å². The van der Waals surface area contributed by atoms with Crippen molar-refractivity contribution in [3.63, 3.8) is 0 Å². The topological polar surface area (TPSA) is 118 Å². The summed E-state index contributed by atoms with van der Waals surface area (Å²) >= 11 is 1.19. The SMILES string of the molecule is CS(=O)(=O)c1ccc2nc(N(Cc3ccco3)C(=O)c3ccc(S(=O)(=O)N4CCc5ccccc5C4)cc3)sc2c1. The third-order valence-electron chi connectivity index (χ3n) is 6.98. The van der Waals surface area contributed by atoms with Gasteiger partial charge in [0.05, 0.1) is 32.8 Å². The van der Waals surface area contributed by atoms with Crippen LogP contribution in [-0.4, -0.2) is 44.8 Å². The number of carbonyl (C=O) groups is 1. The second-order valence-electron chi connectivity index (χ2n) is 9.75. The van der Waals surface area contributed by atoms with Crippen molar-refractivity contribution in [1.29, 1.82) is 0 Å². The van der Waals surface area contributed by atoms with Gasteiger partial charge >= 0.3 is 0 Å². The van der Waals surface area contributed by atoms with Crippen molar-refractivity contribution < 1.29 is 26.0 Å². The van der Waals surface area contributed by atoms with Gasteiger partial charge in [0.2, 0.25) is 10.0 Å². The molecule has 6 rings (SSSR count). The number of carbonyl (C=O) groups excluding carboxylic acids is 1. The van der Waals surface area contributed by atoms with Crippen LogP contribution in [0.15, 0.2) is 99.3 Å². The number of anilines is 1. The van der Waals surface area contributed by atoms with Gasteiger partial charge in [0.15, 0.2) is 15.0 Å². The van der Waals surface area contributed by atoms with Crippen molar-refractivity contribution in [3.05, 3.63) is 108 Å². The molecule has 0 spiro atoms. The van der Waals surface area contributed by atoms with Crippen molar-refractivity contribution in [2.45, 2.75) is 29.3 Å². The van der Waals surface area contributed by atoms with E-state index in [1.807, 2.05) is 24.3 Å². The molecule has 2 aromatic heterocycles. The first-order chi connectivity index (χ1) is 19.6. The summed E-state index contributed by atoms with van der Waals surface area (Å²) in [5.41, 5.74) is 2.97. The summed E-state index contributed by atoms with van der Waals surface area (Å²) in [5, 5.41) is 0.357. The van der Waals surface area contributed by atoms with E-state index in [9.17, 15) is 21.6 Å². The summed E-state index contributed by atoms with van der Waals surface area (Å²) in [6, 6.07) is 21.8. The molecule has 12 heteroatoms. The number of thiazole rings is 1. The van der Waals surface area contributed by atoms with Gasteiger partial charge in [-0.25, -0.2) is 21.8 Å². The summed E-state index contributed by atoms with van der Waals surface area (Å²) in [5.74, 6) is 0.124. The smallest absolute Gasteiger partial charge is 0.260 e. The Labute approximate surface area is 241 Å². The molecular weight excluding hydrogens is 583 g/mol. The van der Waals surface area contributed by atoms with Crippen LogP contribution in [0.25, 0.3) is 10.2 Å². The molecule has 0 radical (unpaired) electrons. The second-order valence-corrected chi connectivity index (χ2v) is 14.7. The largest absolute Gasteiger partial charge is 0.467 e. The number of rotatable bonds is 7. The maximum atomic E-state index is 13.8. The molecule has 0 saturated heterocycles. The molecule has 0 bridgehead atoms. The average molecular weight is 608 g/mol. The van der Waals surface area contributed by atoms with Gasteiger partial charge in [-0.2, -0.15) is 4.31 Å². The first kappa shape index (κ1) is 27.3. The summed E-state index contributed by atoms with van der Waals surface area (Å²) in [7, 11) is -7.17. The lowest BCUT2D eigenvalue weighted by atomic mass is 10.0. The molecule has 9 nitrogen and oxygen atoms in total. The third-order valence-corrected chi connectivity index (χ3v) is 11.0. The monoisotopic (exact) mass is 607 g/mol. The fraction of sp³-hybridized carbons (Fsp3) is 0.172. The van der Waals surface area contributed by atoms with Crippen LogP contribution in [0.2, 0.25) is 0 Å². The zero-order valence-corrected chi connectivity index (χ0v) is 24.4. The van der Waals surface area contributed by atoms with Crippen LogP contribution in [0.3, 0.4) is 0 Å².